The second-order valence-corrected chi connectivity index (χ2v) is 7.97. The first kappa shape index (κ1) is 20.5. The number of piperazine rings is 1. The lowest BCUT2D eigenvalue weighted by Gasteiger charge is -2.37. The van der Waals surface area contributed by atoms with Crippen LogP contribution in [0.25, 0.3) is 0 Å². The number of fused-ring (bicyclic) bond motifs is 1. The number of nitrogens with two attached hydrogens (primary N) is 2. The second kappa shape index (κ2) is 7.92. The highest BCUT2D eigenvalue weighted by atomic mass is 19.1. The van der Waals surface area contributed by atoms with Gasteiger partial charge < -0.3 is 20.8 Å². The molecule has 0 spiro atoms. The van der Waals surface area contributed by atoms with Crippen molar-refractivity contribution in [3.05, 3.63) is 65.9 Å². The van der Waals surface area contributed by atoms with Crippen LogP contribution in [-0.4, -0.2) is 54.4 Å². The van der Waals surface area contributed by atoms with Gasteiger partial charge in [-0.15, -0.1) is 0 Å². The maximum Gasteiger partial charge on any atom is 0.218 e. The first-order chi connectivity index (χ1) is 15.4. The van der Waals surface area contributed by atoms with Gasteiger partial charge in [0.25, 0.3) is 0 Å². The average Bonchev–Trinajstić information content (AvgIpc) is 3.42. The molecule has 1 atom stereocenters. The topological polar surface area (TPSA) is 112 Å². The van der Waals surface area contributed by atoms with Crippen molar-refractivity contribution in [2.75, 3.05) is 37.6 Å². The number of amidine groups is 1. The SMILES string of the molecule is NC1=CC2=NC(CCN3CCN(c4ccc(F)cc4F)CC3)(c3ccco3)NN2C(N)=N1. The highest BCUT2D eigenvalue weighted by molar-refractivity contribution is 6.08. The lowest BCUT2D eigenvalue weighted by molar-refractivity contribution is 0.174. The Morgan fingerprint density at radius 2 is 1.94 bits per heavy atom. The van der Waals surface area contributed by atoms with Crippen LogP contribution in [0.1, 0.15) is 12.2 Å². The molecule has 11 heteroatoms. The third-order valence-electron chi connectivity index (χ3n) is 5.92. The number of hydrogen-bond acceptors (Lipinski definition) is 9. The van der Waals surface area contributed by atoms with Crippen LogP contribution in [-0.2, 0) is 5.66 Å². The van der Waals surface area contributed by atoms with Crippen molar-refractivity contribution in [2.45, 2.75) is 12.1 Å². The minimum atomic E-state index is -0.847. The van der Waals surface area contributed by atoms with Gasteiger partial charge in [0, 0.05) is 51.3 Å². The molecule has 4 heterocycles. The first-order valence-corrected chi connectivity index (χ1v) is 10.4. The summed E-state index contributed by atoms with van der Waals surface area (Å²) in [7, 11) is 0. The van der Waals surface area contributed by atoms with Crippen molar-refractivity contribution in [1.29, 1.82) is 0 Å². The summed E-state index contributed by atoms with van der Waals surface area (Å²) < 4.78 is 33.0. The molecule has 5 rings (SSSR count). The molecule has 5 N–H and O–H groups in total. The molecule has 3 aliphatic rings. The summed E-state index contributed by atoms with van der Waals surface area (Å²) in [4.78, 5) is 13.2. The van der Waals surface area contributed by atoms with E-state index in [9.17, 15) is 8.78 Å². The van der Waals surface area contributed by atoms with Gasteiger partial charge in [-0.2, -0.15) is 10.4 Å². The van der Waals surface area contributed by atoms with E-state index in [4.69, 9.17) is 20.9 Å². The molecule has 1 fully saturated rings. The van der Waals surface area contributed by atoms with Crippen molar-refractivity contribution in [1.82, 2.24) is 15.3 Å². The maximum absolute atomic E-state index is 14.1. The summed E-state index contributed by atoms with van der Waals surface area (Å²) in [6.07, 6.45) is 3.87. The fourth-order valence-corrected chi connectivity index (χ4v) is 4.26. The zero-order valence-electron chi connectivity index (χ0n) is 17.3. The van der Waals surface area contributed by atoms with Gasteiger partial charge in [0.1, 0.15) is 23.2 Å². The van der Waals surface area contributed by atoms with E-state index >= 15 is 0 Å². The Kier molecular flexibility index (Phi) is 5.06. The van der Waals surface area contributed by atoms with Crippen LogP contribution < -0.4 is 21.8 Å². The molecular weight excluding hydrogens is 418 g/mol. The van der Waals surface area contributed by atoms with E-state index < -0.39 is 17.3 Å². The molecule has 1 unspecified atom stereocenters. The number of aliphatic imine (C=N–C) groups is 2. The van der Waals surface area contributed by atoms with Gasteiger partial charge in [-0.05, 0) is 24.3 Å². The van der Waals surface area contributed by atoms with Crippen molar-refractivity contribution in [2.24, 2.45) is 21.5 Å². The van der Waals surface area contributed by atoms with Crippen molar-refractivity contribution in [3.63, 3.8) is 0 Å². The largest absolute Gasteiger partial charge is 0.465 e. The number of guanidine groups is 1. The van der Waals surface area contributed by atoms with Crippen molar-refractivity contribution in [3.8, 4) is 0 Å². The molecule has 3 aliphatic heterocycles. The van der Waals surface area contributed by atoms with E-state index in [1.807, 2.05) is 17.0 Å². The molecule has 1 aromatic heterocycles. The molecule has 0 saturated carbocycles. The van der Waals surface area contributed by atoms with E-state index in [1.54, 1.807) is 17.3 Å². The summed E-state index contributed by atoms with van der Waals surface area (Å²) >= 11 is 0. The van der Waals surface area contributed by atoms with Crippen LogP contribution in [0.15, 0.2) is 62.9 Å². The van der Waals surface area contributed by atoms with Gasteiger partial charge in [0.05, 0.1) is 12.0 Å². The predicted molar refractivity (Wildman–Crippen MR) is 116 cm³/mol. The van der Waals surface area contributed by atoms with Crippen LogP contribution in [0.3, 0.4) is 0 Å². The van der Waals surface area contributed by atoms with Gasteiger partial charge in [-0.3, -0.25) is 4.90 Å². The fourth-order valence-electron chi connectivity index (χ4n) is 4.26. The maximum atomic E-state index is 14.1. The van der Waals surface area contributed by atoms with Crippen LogP contribution >= 0.6 is 0 Å². The van der Waals surface area contributed by atoms with E-state index in [2.05, 4.69) is 15.3 Å². The lowest BCUT2D eigenvalue weighted by Crippen LogP contribution is -2.54. The third-order valence-corrected chi connectivity index (χ3v) is 5.92. The van der Waals surface area contributed by atoms with E-state index in [0.29, 0.717) is 49.2 Å². The number of halogens is 2. The van der Waals surface area contributed by atoms with Gasteiger partial charge in [-0.25, -0.2) is 18.8 Å². The minimum Gasteiger partial charge on any atom is -0.465 e. The summed E-state index contributed by atoms with van der Waals surface area (Å²) in [5.74, 6) is 0.627. The van der Waals surface area contributed by atoms with Crippen molar-refractivity contribution >= 4 is 17.5 Å². The molecule has 2 aromatic rings. The van der Waals surface area contributed by atoms with Gasteiger partial charge in [-0.1, -0.05) is 0 Å². The van der Waals surface area contributed by atoms with E-state index in [-0.39, 0.29) is 5.96 Å². The predicted octanol–water partition coefficient (Wildman–Crippen LogP) is 1.27. The molecule has 1 saturated heterocycles. The number of benzene rings is 1. The highest BCUT2D eigenvalue weighted by Crippen LogP contribution is 2.34. The molecule has 9 nitrogen and oxygen atoms in total. The Morgan fingerprint density at radius 3 is 2.66 bits per heavy atom. The molecule has 0 radical (unpaired) electrons. The number of hydrazine groups is 1. The smallest absolute Gasteiger partial charge is 0.218 e. The molecule has 1 aromatic carbocycles. The van der Waals surface area contributed by atoms with Gasteiger partial charge in [0.15, 0.2) is 11.5 Å². The molecule has 0 amide bonds. The van der Waals surface area contributed by atoms with Crippen LogP contribution in [0.5, 0.6) is 0 Å². The normalized spacial score (nSPS) is 23.6. The van der Waals surface area contributed by atoms with Crippen LogP contribution in [0.4, 0.5) is 14.5 Å². The van der Waals surface area contributed by atoms with Gasteiger partial charge >= 0.3 is 0 Å². The summed E-state index contributed by atoms with van der Waals surface area (Å²) in [6.45, 7) is 3.48. The number of rotatable bonds is 5. The molecule has 0 bridgehead atoms. The van der Waals surface area contributed by atoms with E-state index in [1.165, 1.54) is 12.1 Å². The van der Waals surface area contributed by atoms with E-state index in [0.717, 1.165) is 19.2 Å². The Hall–Kier alpha value is -3.44. The molecule has 0 aliphatic carbocycles. The second-order valence-electron chi connectivity index (χ2n) is 7.97. The first-order valence-electron chi connectivity index (χ1n) is 10.4. The number of furan rings is 1. The zero-order valence-corrected chi connectivity index (χ0v) is 17.3. The summed E-state index contributed by atoms with van der Waals surface area (Å²) in [5, 5.41) is 1.61. The summed E-state index contributed by atoms with van der Waals surface area (Å²) in [5.41, 5.74) is 14.8. The average molecular weight is 442 g/mol. The van der Waals surface area contributed by atoms with Crippen molar-refractivity contribution < 1.29 is 13.2 Å². The Morgan fingerprint density at radius 1 is 1.12 bits per heavy atom. The Balaban J connectivity index is 1.28. The lowest BCUT2D eigenvalue weighted by atomic mass is 10.0. The quantitative estimate of drug-likeness (QED) is 0.639. The number of nitrogens with zero attached hydrogens (tertiary/aromatic N) is 5. The third kappa shape index (κ3) is 3.69. The van der Waals surface area contributed by atoms with Crippen LogP contribution in [0, 0.1) is 11.6 Å². The zero-order chi connectivity index (χ0) is 22.3. The highest BCUT2D eigenvalue weighted by Gasteiger charge is 2.44. The Bertz CT molecular complexity index is 1090. The number of anilines is 1. The molecule has 32 heavy (non-hydrogen) atoms. The molecule has 168 valence electrons. The molecular formula is C21H24F2N8O. The number of hydrogen-bond donors (Lipinski definition) is 3. The fraction of sp³-hybridized carbons (Fsp3) is 0.333. The summed E-state index contributed by atoms with van der Waals surface area (Å²) in [6, 6.07) is 7.38. The van der Waals surface area contributed by atoms with Gasteiger partial charge in [0.2, 0.25) is 5.96 Å². The Labute approximate surface area is 183 Å². The minimum absolute atomic E-state index is 0.215. The standard InChI is InChI=1S/C21H24F2N8O/c22-14-3-4-16(15(23)12-14)30-9-7-29(8-10-30)6-5-21(17-2-1-11-32-17)27-19-13-18(24)26-20(25)31(19)28-21/h1-4,11-13,28H,5-10,24H2,(H2,25,26). The monoisotopic (exact) mass is 442 g/mol. The number of nitrogens with one attached hydrogen (secondary N) is 1. The van der Waals surface area contributed by atoms with Crippen LogP contribution in [0.2, 0.25) is 0 Å².